The first-order chi connectivity index (χ1) is 17.0. The summed E-state index contributed by atoms with van der Waals surface area (Å²) in [6.45, 7) is 4.02. The summed E-state index contributed by atoms with van der Waals surface area (Å²) in [4.78, 5) is 9.27. The number of fused-ring (bicyclic) bond motifs is 1. The van der Waals surface area contributed by atoms with Crippen molar-refractivity contribution in [1.82, 2.24) is 9.97 Å². The van der Waals surface area contributed by atoms with Crippen LogP contribution in [0.4, 0.5) is 11.6 Å². The molecule has 0 unspecified atom stereocenters. The lowest BCUT2D eigenvalue weighted by Crippen LogP contribution is -2.00. The Kier molecular flexibility index (Phi) is 5.85. The number of ether oxygens (including phenoxy) is 1. The van der Waals surface area contributed by atoms with Crippen LogP contribution in [-0.4, -0.2) is 9.97 Å². The van der Waals surface area contributed by atoms with Gasteiger partial charge in [0.15, 0.2) is 0 Å². The van der Waals surface area contributed by atoms with Gasteiger partial charge in [-0.1, -0.05) is 12.1 Å². The zero-order valence-electron chi connectivity index (χ0n) is 19.0. The minimum Gasteiger partial charge on any atom is -0.437 e. The van der Waals surface area contributed by atoms with E-state index in [0.29, 0.717) is 23.0 Å². The molecule has 2 heterocycles. The van der Waals surface area contributed by atoms with Gasteiger partial charge in [-0.25, -0.2) is 4.98 Å². The molecule has 0 radical (unpaired) electrons. The molecule has 0 aliphatic rings. The van der Waals surface area contributed by atoms with E-state index in [4.69, 9.17) is 15.3 Å². The van der Waals surface area contributed by atoms with E-state index in [1.165, 1.54) is 11.3 Å². The maximum Gasteiger partial charge on any atom is 0.242 e. The summed E-state index contributed by atoms with van der Waals surface area (Å²) in [6, 6.07) is 25.0. The maximum absolute atomic E-state index is 9.05. The standard InChI is InChI=1S/C28H19N5OS/c1-17-13-22(21-7-3-19(15-29)4-8-21)14-18(2)25(17)34-27-26-24(11-12-35-26)32-28(33-27)31-23-9-5-20(16-30)6-10-23/h3-14H,1-2H3,(H,31,32,33). The fourth-order valence-corrected chi connectivity index (χ4v) is 4.59. The third kappa shape index (κ3) is 4.54. The Hall–Kier alpha value is -4.72. The van der Waals surface area contributed by atoms with Crippen LogP contribution < -0.4 is 10.1 Å². The van der Waals surface area contributed by atoms with E-state index >= 15 is 0 Å². The lowest BCUT2D eigenvalue weighted by molar-refractivity contribution is 0.463. The molecular formula is C28H19N5OS. The average Bonchev–Trinajstić information content (AvgIpc) is 3.35. The summed E-state index contributed by atoms with van der Waals surface area (Å²) in [7, 11) is 0. The van der Waals surface area contributed by atoms with Crippen molar-refractivity contribution in [3.63, 3.8) is 0 Å². The molecule has 0 spiro atoms. The molecule has 0 atom stereocenters. The van der Waals surface area contributed by atoms with Gasteiger partial charge in [-0.15, -0.1) is 11.3 Å². The van der Waals surface area contributed by atoms with Crippen LogP contribution in [0.5, 0.6) is 11.6 Å². The van der Waals surface area contributed by atoms with E-state index in [2.05, 4.69) is 39.6 Å². The smallest absolute Gasteiger partial charge is 0.242 e. The van der Waals surface area contributed by atoms with Gasteiger partial charge in [-0.3, -0.25) is 0 Å². The van der Waals surface area contributed by atoms with Crippen LogP contribution in [0.3, 0.4) is 0 Å². The van der Waals surface area contributed by atoms with Crippen molar-refractivity contribution >= 4 is 33.2 Å². The molecule has 6 nitrogen and oxygen atoms in total. The molecule has 1 N–H and O–H groups in total. The molecule has 0 bridgehead atoms. The number of aromatic nitrogens is 2. The lowest BCUT2D eigenvalue weighted by Gasteiger charge is -2.15. The van der Waals surface area contributed by atoms with Gasteiger partial charge in [0.1, 0.15) is 10.4 Å². The number of hydrogen-bond acceptors (Lipinski definition) is 7. The molecule has 35 heavy (non-hydrogen) atoms. The summed E-state index contributed by atoms with van der Waals surface area (Å²) in [5, 5.41) is 23.2. The fourth-order valence-electron chi connectivity index (χ4n) is 3.83. The first-order valence-corrected chi connectivity index (χ1v) is 11.7. The number of thiophene rings is 1. The van der Waals surface area contributed by atoms with E-state index in [1.807, 2.05) is 61.7 Å². The zero-order valence-corrected chi connectivity index (χ0v) is 19.9. The molecule has 5 rings (SSSR count). The van der Waals surface area contributed by atoms with Gasteiger partial charge in [0.05, 0.1) is 28.8 Å². The number of nitrogens with zero attached hydrogens (tertiary/aromatic N) is 4. The van der Waals surface area contributed by atoms with Crippen LogP contribution >= 0.6 is 11.3 Å². The van der Waals surface area contributed by atoms with E-state index in [-0.39, 0.29) is 0 Å². The van der Waals surface area contributed by atoms with Crippen LogP contribution in [0.2, 0.25) is 0 Å². The third-order valence-corrected chi connectivity index (χ3v) is 6.44. The highest BCUT2D eigenvalue weighted by Crippen LogP contribution is 2.37. The van der Waals surface area contributed by atoms with E-state index < -0.39 is 0 Å². The number of rotatable bonds is 5. The first-order valence-electron chi connectivity index (χ1n) is 10.9. The summed E-state index contributed by atoms with van der Waals surface area (Å²) in [5.41, 5.74) is 6.86. The highest BCUT2D eigenvalue weighted by atomic mass is 32.1. The minimum atomic E-state index is 0.417. The second-order valence-electron chi connectivity index (χ2n) is 8.03. The van der Waals surface area contributed by atoms with Crippen molar-refractivity contribution in [1.29, 1.82) is 10.5 Å². The largest absolute Gasteiger partial charge is 0.437 e. The SMILES string of the molecule is Cc1cc(-c2ccc(C#N)cc2)cc(C)c1Oc1nc(Nc2ccc(C#N)cc2)nc2ccsc12. The van der Waals surface area contributed by atoms with Crippen molar-refractivity contribution in [2.24, 2.45) is 0 Å². The number of nitrogens with one attached hydrogen (secondary N) is 1. The molecule has 7 heteroatoms. The summed E-state index contributed by atoms with van der Waals surface area (Å²) in [6.07, 6.45) is 0. The molecule has 5 aromatic rings. The van der Waals surface area contributed by atoms with Gasteiger partial charge in [-0.2, -0.15) is 15.5 Å². The molecule has 0 fully saturated rings. The normalized spacial score (nSPS) is 10.5. The molecular weight excluding hydrogens is 454 g/mol. The summed E-state index contributed by atoms with van der Waals surface area (Å²) < 4.78 is 7.25. The Morgan fingerprint density at radius 1 is 0.800 bits per heavy atom. The van der Waals surface area contributed by atoms with Crippen LogP contribution in [0, 0.1) is 36.5 Å². The molecule has 0 saturated carbocycles. The Morgan fingerprint density at radius 2 is 1.43 bits per heavy atom. The first kappa shape index (κ1) is 22.1. The van der Waals surface area contributed by atoms with Gasteiger partial charge < -0.3 is 10.1 Å². The summed E-state index contributed by atoms with van der Waals surface area (Å²) >= 11 is 1.53. The van der Waals surface area contributed by atoms with Crippen LogP contribution in [0.15, 0.2) is 72.1 Å². The number of aryl methyl sites for hydroxylation is 2. The average molecular weight is 474 g/mol. The lowest BCUT2D eigenvalue weighted by atomic mass is 9.99. The van der Waals surface area contributed by atoms with Gasteiger partial charge in [0.25, 0.3) is 0 Å². The Morgan fingerprint density at radius 3 is 2.06 bits per heavy atom. The van der Waals surface area contributed by atoms with Gasteiger partial charge >= 0.3 is 0 Å². The van der Waals surface area contributed by atoms with E-state index in [0.717, 1.165) is 43.9 Å². The number of benzene rings is 3. The molecule has 168 valence electrons. The molecule has 0 saturated heterocycles. The molecule has 0 aliphatic heterocycles. The fraction of sp³-hybridized carbons (Fsp3) is 0.0714. The van der Waals surface area contributed by atoms with Crippen LogP contribution in [-0.2, 0) is 0 Å². The number of nitriles is 2. The molecule has 0 aliphatic carbocycles. The second kappa shape index (κ2) is 9.26. The number of anilines is 2. The predicted molar refractivity (Wildman–Crippen MR) is 138 cm³/mol. The van der Waals surface area contributed by atoms with Crippen molar-refractivity contribution in [3.05, 3.63) is 94.4 Å². The second-order valence-corrected chi connectivity index (χ2v) is 8.95. The predicted octanol–water partition coefficient (Wildman–Crippen LogP) is 7.25. The molecule has 3 aromatic carbocycles. The van der Waals surface area contributed by atoms with Crippen molar-refractivity contribution in [2.75, 3.05) is 5.32 Å². The van der Waals surface area contributed by atoms with Gasteiger partial charge in [0, 0.05) is 5.69 Å². The van der Waals surface area contributed by atoms with Crippen LogP contribution in [0.25, 0.3) is 21.3 Å². The van der Waals surface area contributed by atoms with E-state index in [1.54, 1.807) is 12.1 Å². The summed E-state index contributed by atoms with van der Waals surface area (Å²) in [5.74, 6) is 1.65. The van der Waals surface area contributed by atoms with Crippen LogP contribution in [0.1, 0.15) is 22.3 Å². The van der Waals surface area contributed by atoms with Gasteiger partial charge in [0.2, 0.25) is 11.8 Å². The molecule has 2 aromatic heterocycles. The quantitative estimate of drug-likeness (QED) is 0.289. The van der Waals surface area contributed by atoms with Crippen molar-refractivity contribution in [2.45, 2.75) is 13.8 Å². The van der Waals surface area contributed by atoms with Crippen molar-refractivity contribution < 1.29 is 4.74 Å². The monoisotopic (exact) mass is 473 g/mol. The van der Waals surface area contributed by atoms with E-state index in [9.17, 15) is 0 Å². The Balaban J connectivity index is 1.48. The third-order valence-electron chi connectivity index (χ3n) is 5.55. The Bertz CT molecular complexity index is 1600. The van der Waals surface area contributed by atoms with Gasteiger partial charge in [-0.05, 0) is 96.1 Å². The topological polar surface area (TPSA) is 94.6 Å². The highest BCUT2D eigenvalue weighted by Gasteiger charge is 2.15. The number of hydrogen-bond donors (Lipinski definition) is 1. The zero-order chi connectivity index (χ0) is 24.4. The minimum absolute atomic E-state index is 0.417. The molecule has 0 amide bonds. The highest BCUT2D eigenvalue weighted by molar-refractivity contribution is 7.17. The Labute approximate surface area is 206 Å². The van der Waals surface area contributed by atoms with Crippen molar-refractivity contribution in [3.8, 4) is 34.9 Å². The maximum atomic E-state index is 9.05.